The smallest absolute Gasteiger partial charge is 0.326 e. The minimum atomic E-state index is -0.961. The van der Waals surface area contributed by atoms with Crippen LogP contribution in [-0.4, -0.2) is 44.6 Å². The first-order chi connectivity index (χ1) is 12.1. The van der Waals surface area contributed by atoms with E-state index >= 15 is 0 Å². The fourth-order valence-electron chi connectivity index (χ4n) is 2.77. The van der Waals surface area contributed by atoms with E-state index in [0.717, 1.165) is 0 Å². The van der Waals surface area contributed by atoms with Crippen LogP contribution in [-0.2, 0) is 17.8 Å². The van der Waals surface area contributed by atoms with E-state index in [2.05, 4.69) is 10.1 Å². The Balaban J connectivity index is 1.61. The third kappa shape index (κ3) is 3.78. The molecule has 1 aliphatic rings. The summed E-state index contributed by atoms with van der Waals surface area (Å²) in [7, 11) is 0. The second-order valence-corrected chi connectivity index (χ2v) is 5.77. The molecule has 1 saturated heterocycles. The maximum atomic E-state index is 12.5. The fraction of sp³-hybridized carbons (Fsp3) is 0.412. The van der Waals surface area contributed by atoms with Gasteiger partial charge < -0.3 is 19.3 Å². The van der Waals surface area contributed by atoms with E-state index in [9.17, 15) is 14.7 Å². The Morgan fingerprint density at radius 2 is 2.12 bits per heavy atom. The number of carboxylic acid groups (broad SMARTS) is 1. The van der Waals surface area contributed by atoms with E-state index in [0.29, 0.717) is 48.8 Å². The van der Waals surface area contributed by atoms with Crippen molar-refractivity contribution < 1.29 is 24.0 Å². The van der Waals surface area contributed by atoms with Crippen LogP contribution < -0.4 is 4.74 Å². The number of carboxylic acids is 1. The molecule has 1 fully saturated rings. The van der Waals surface area contributed by atoms with Gasteiger partial charge in [0.2, 0.25) is 11.7 Å². The highest BCUT2D eigenvalue weighted by molar-refractivity contribution is 5.97. The van der Waals surface area contributed by atoms with E-state index in [1.807, 2.05) is 6.92 Å². The molecule has 1 unspecified atom stereocenters. The number of amides is 1. The van der Waals surface area contributed by atoms with Crippen LogP contribution in [0.25, 0.3) is 0 Å². The molecule has 0 saturated carbocycles. The predicted molar refractivity (Wildman–Crippen MR) is 86.1 cm³/mol. The van der Waals surface area contributed by atoms with Crippen molar-refractivity contribution in [1.29, 1.82) is 0 Å². The summed E-state index contributed by atoms with van der Waals surface area (Å²) in [6, 6.07) is 5.85. The Hall–Kier alpha value is -2.90. The first-order valence-corrected chi connectivity index (χ1v) is 8.16. The van der Waals surface area contributed by atoms with Gasteiger partial charge in [-0.2, -0.15) is 4.98 Å². The van der Waals surface area contributed by atoms with Crippen molar-refractivity contribution in [3.8, 4) is 5.75 Å². The van der Waals surface area contributed by atoms with Gasteiger partial charge in [0.05, 0.1) is 0 Å². The monoisotopic (exact) mass is 345 g/mol. The van der Waals surface area contributed by atoms with Crippen LogP contribution in [0.1, 0.15) is 41.8 Å². The molecular formula is C17H19N3O5. The molecular weight excluding hydrogens is 326 g/mol. The Morgan fingerprint density at radius 3 is 2.76 bits per heavy atom. The van der Waals surface area contributed by atoms with E-state index in [-0.39, 0.29) is 12.5 Å². The van der Waals surface area contributed by atoms with Crippen molar-refractivity contribution in [3.05, 3.63) is 41.5 Å². The van der Waals surface area contributed by atoms with Crippen molar-refractivity contribution in [2.24, 2.45) is 0 Å². The number of carbonyl (C=O) groups is 2. The average Bonchev–Trinajstić information content (AvgIpc) is 3.29. The van der Waals surface area contributed by atoms with Gasteiger partial charge in [0.1, 0.15) is 11.8 Å². The number of aryl methyl sites for hydroxylation is 1. The van der Waals surface area contributed by atoms with Gasteiger partial charge in [-0.25, -0.2) is 4.79 Å². The van der Waals surface area contributed by atoms with Crippen LogP contribution in [0.4, 0.5) is 0 Å². The van der Waals surface area contributed by atoms with Crippen molar-refractivity contribution in [1.82, 2.24) is 15.0 Å². The number of hydrogen-bond acceptors (Lipinski definition) is 6. The molecule has 1 aromatic carbocycles. The topological polar surface area (TPSA) is 106 Å². The molecule has 1 N–H and O–H groups in total. The minimum absolute atomic E-state index is 0.171. The molecule has 1 aliphatic heterocycles. The third-order valence-electron chi connectivity index (χ3n) is 4.08. The van der Waals surface area contributed by atoms with Crippen molar-refractivity contribution >= 4 is 11.9 Å². The molecule has 0 bridgehead atoms. The fourth-order valence-corrected chi connectivity index (χ4v) is 2.77. The zero-order chi connectivity index (χ0) is 17.8. The lowest BCUT2D eigenvalue weighted by molar-refractivity contribution is -0.141. The average molecular weight is 345 g/mol. The molecule has 0 spiro atoms. The summed E-state index contributed by atoms with van der Waals surface area (Å²) in [4.78, 5) is 29.2. The SMILES string of the molecule is CCc1nc(COc2ccc(C(=O)N3CCCC3C(=O)O)cc2)no1. The van der Waals surface area contributed by atoms with Crippen LogP contribution >= 0.6 is 0 Å². The zero-order valence-electron chi connectivity index (χ0n) is 13.8. The number of rotatable bonds is 6. The molecule has 2 heterocycles. The lowest BCUT2D eigenvalue weighted by Gasteiger charge is -2.21. The molecule has 1 amide bonds. The quantitative estimate of drug-likeness (QED) is 0.852. The summed E-state index contributed by atoms with van der Waals surface area (Å²) < 4.78 is 10.6. The molecule has 1 atom stereocenters. The first-order valence-electron chi connectivity index (χ1n) is 8.16. The van der Waals surface area contributed by atoms with Gasteiger partial charge in [-0.1, -0.05) is 12.1 Å². The van der Waals surface area contributed by atoms with Crippen LogP contribution in [0.3, 0.4) is 0 Å². The Labute approximate surface area is 144 Å². The van der Waals surface area contributed by atoms with Gasteiger partial charge in [-0.05, 0) is 37.1 Å². The van der Waals surface area contributed by atoms with Crippen LogP contribution in [0, 0.1) is 0 Å². The standard InChI is InChI=1S/C17H19N3O5/c1-2-15-18-14(19-25-15)10-24-12-7-5-11(6-8-12)16(21)20-9-3-4-13(20)17(22)23/h5-8,13H,2-4,9-10H2,1H3,(H,22,23). The highest BCUT2D eigenvalue weighted by atomic mass is 16.5. The molecule has 8 nitrogen and oxygen atoms in total. The molecule has 1 aromatic heterocycles. The van der Waals surface area contributed by atoms with E-state index in [1.54, 1.807) is 24.3 Å². The molecule has 3 rings (SSSR count). The Bertz CT molecular complexity index is 756. The zero-order valence-corrected chi connectivity index (χ0v) is 13.8. The number of carbonyl (C=O) groups excluding carboxylic acids is 1. The third-order valence-corrected chi connectivity index (χ3v) is 4.08. The largest absolute Gasteiger partial charge is 0.485 e. The maximum absolute atomic E-state index is 12.5. The summed E-state index contributed by atoms with van der Waals surface area (Å²) in [6.07, 6.45) is 1.86. The number of ether oxygens (including phenoxy) is 1. The normalized spacial score (nSPS) is 16.8. The second-order valence-electron chi connectivity index (χ2n) is 5.77. The summed E-state index contributed by atoms with van der Waals surface area (Å²) in [5.74, 6) is 0.340. The molecule has 8 heteroatoms. The number of aliphatic carboxylic acids is 1. The summed E-state index contributed by atoms with van der Waals surface area (Å²) in [5, 5.41) is 13.0. The Kier molecular flexibility index (Phi) is 4.97. The van der Waals surface area contributed by atoms with E-state index in [1.165, 1.54) is 4.90 Å². The van der Waals surface area contributed by atoms with E-state index in [4.69, 9.17) is 9.26 Å². The number of likely N-dealkylation sites (tertiary alicyclic amines) is 1. The predicted octanol–water partition coefficient (Wildman–Crippen LogP) is 1.90. The van der Waals surface area contributed by atoms with E-state index < -0.39 is 12.0 Å². The number of nitrogens with zero attached hydrogens (tertiary/aromatic N) is 3. The van der Waals surface area contributed by atoms with Gasteiger partial charge in [0.25, 0.3) is 5.91 Å². The first kappa shape index (κ1) is 16.9. The van der Waals surface area contributed by atoms with Gasteiger partial charge in [0.15, 0.2) is 6.61 Å². The number of benzene rings is 1. The van der Waals surface area contributed by atoms with Gasteiger partial charge in [0, 0.05) is 18.5 Å². The second kappa shape index (κ2) is 7.33. The van der Waals surface area contributed by atoms with Crippen LogP contribution in [0.5, 0.6) is 5.75 Å². The number of hydrogen-bond donors (Lipinski definition) is 1. The van der Waals surface area contributed by atoms with Crippen molar-refractivity contribution in [2.75, 3.05) is 6.54 Å². The highest BCUT2D eigenvalue weighted by Gasteiger charge is 2.34. The van der Waals surface area contributed by atoms with Gasteiger partial charge in [-0.3, -0.25) is 4.79 Å². The van der Waals surface area contributed by atoms with Crippen molar-refractivity contribution in [2.45, 2.75) is 38.8 Å². The summed E-state index contributed by atoms with van der Waals surface area (Å²) >= 11 is 0. The lowest BCUT2D eigenvalue weighted by Crippen LogP contribution is -2.40. The maximum Gasteiger partial charge on any atom is 0.326 e. The van der Waals surface area contributed by atoms with Crippen LogP contribution in [0.15, 0.2) is 28.8 Å². The van der Waals surface area contributed by atoms with Gasteiger partial charge >= 0.3 is 5.97 Å². The lowest BCUT2D eigenvalue weighted by atomic mass is 10.1. The minimum Gasteiger partial charge on any atom is -0.485 e. The molecule has 132 valence electrons. The van der Waals surface area contributed by atoms with Crippen LogP contribution in [0.2, 0.25) is 0 Å². The van der Waals surface area contributed by atoms with Gasteiger partial charge in [-0.15, -0.1) is 0 Å². The Morgan fingerprint density at radius 1 is 1.36 bits per heavy atom. The summed E-state index contributed by atoms with van der Waals surface area (Å²) in [6.45, 7) is 2.55. The molecule has 25 heavy (non-hydrogen) atoms. The molecule has 0 radical (unpaired) electrons. The molecule has 2 aromatic rings. The highest BCUT2D eigenvalue weighted by Crippen LogP contribution is 2.22. The number of aromatic nitrogens is 2. The molecule has 0 aliphatic carbocycles. The van der Waals surface area contributed by atoms with Crippen molar-refractivity contribution in [3.63, 3.8) is 0 Å². The summed E-state index contributed by atoms with van der Waals surface area (Å²) in [5.41, 5.74) is 0.438.